The third-order valence-electron chi connectivity index (χ3n) is 4.65. The average molecular weight is 372 g/mol. The molecule has 0 saturated carbocycles. The zero-order valence-corrected chi connectivity index (χ0v) is 16.3. The molecule has 142 valence electrons. The third-order valence-corrected chi connectivity index (χ3v) is 4.65. The van der Waals surface area contributed by atoms with Crippen molar-refractivity contribution < 1.29 is 9.63 Å². The van der Waals surface area contributed by atoms with E-state index < -0.39 is 0 Å². The topological polar surface area (TPSA) is 51.5 Å². The SMILES string of the molecule is C=C/C=C\C=C(/C)C1CC(c2cc(C(=O)CC)cc(-c3ccccn3)c2)=NO1. The lowest BCUT2D eigenvalue weighted by Crippen LogP contribution is -2.10. The molecule has 1 unspecified atom stereocenters. The summed E-state index contributed by atoms with van der Waals surface area (Å²) in [7, 11) is 0. The predicted octanol–water partition coefficient (Wildman–Crippen LogP) is 5.52. The molecule has 0 aliphatic carbocycles. The van der Waals surface area contributed by atoms with Crippen LogP contribution in [0.2, 0.25) is 0 Å². The van der Waals surface area contributed by atoms with Gasteiger partial charge in [-0.3, -0.25) is 9.78 Å². The maximum atomic E-state index is 12.4. The Bertz CT molecular complexity index is 956. The van der Waals surface area contributed by atoms with Gasteiger partial charge in [-0.15, -0.1) is 0 Å². The van der Waals surface area contributed by atoms with Crippen molar-refractivity contribution in [2.45, 2.75) is 32.8 Å². The number of Topliss-reactive ketones (excluding diaryl/α,β-unsaturated/α-hetero) is 1. The lowest BCUT2D eigenvalue weighted by molar-refractivity contribution is 0.0988. The molecular weight excluding hydrogens is 348 g/mol. The second kappa shape index (κ2) is 9.09. The molecule has 0 radical (unpaired) electrons. The molecule has 0 fully saturated rings. The standard InChI is InChI=1S/C24H24N2O2/c1-4-6-7-10-17(3)24-16-22(26-28-24)19-13-18(21-11-8-9-12-25-21)14-20(15-19)23(27)5-2/h4,6-15,24H,1,5,16H2,2-3H3/b7-6-,17-10+. The summed E-state index contributed by atoms with van der Waals surface area (Å²) in [5.41, 5.74) is 5.24. The highest BCUT2D eigenvalue weighted by molar-refractivity contribution is 6.05. The third kappa shape index (κ3) is 4.52. The average Bonchev–Trinajstić information content (AvgIpc) is 3.24. The minimum absolute atomic E-state index is 0.0979. The first-order valence-corrected chi connectivity index (χ1v) is 9.41. The molecule has 0 amide bonds. The van der Waals surface area contributed by atoms with Gasteiger partial charge in [0.2, 0.25) is 0 Å². The predicted molar refractivity (Wildman–Crippen MR) is 113 cm³/mol. The molecule has 28 heavy (non-hydrogen) atoms. The second-order valence-corrected chi connectivity index (χ2v) is 6.66. The minimum atomic E-state index is -0.103. The molecule has 1 aromatic carbocycles. The first-order chi connectivity index (χ1) is 13.6. The Morgan fingerprint density at radius 1 is 1.25 bits per heavy atom. The fraction of sp³-hybridized carbons (Fsp3) is 0.208. The van der Waals surface area contributed by atoms with E-state index in [-0.39, 0.29) is 11.9 Å². The van der Waals surface area contributed by atoms with Gasteiger partial charge in [-0.1, -0.05) is 49.0 Å². The molecule has 2 aromatic rings. The van der Waals surface area contributed by atoms with Crippen LogP contribution in [0.15, 0.2) is 84.2 Å². The number of aromatic nitrogens is 1. The molecule has 0 bridgehead atoms. The summed E-state index contributed by atoms with van der Waals surface area (Å²) in [6.07, 6.45) is 10.3. The summed E-state index contributed by atoms with van der Waals surface area (Å²) >= 11 is 0. The van der Waals surface area contributed by atoms with Crippen molar-refractivity contribution in [3.05, 3.63) is 90.2 Å². The lowest BCUT2D eigenvalue weighted by atomic mass is 9.94. The molecule has 3 rings (SSSR count). The highest BCUT2D eigenvalue weighted by atomic mass is 16.6. The van der Waals surface area contributed by atoms with E-state index in [0.717, 1.165) is 28.1 Å². The summed E-state index contributed by atoms with van der Waals surface area (Å²) in [5, 5.41) is 4.30. The Morgan fingerprint density at radius 3 is 2.79 bits per heavy atom. The number of pyridine rings is 1. The number of carbonyl (C=O) groups excluding carboxylic acids is 1. The van der Waals surface area contributed by atoms with Crippen LogP contribution in [0.5, 0.6) is 0 Å². The van der Waals surface area contributed by atoms with Crippen molar-refractivity contribution in [3.8, 4) is 11.3 Å². The summed E-state index contributed by atoms with van der Waals surface area (Å²) in [6.45, 7) is 7.56. The maximum Gasteiger partial charge on any atom is 0.162 e. The molecule has 0 N–H and O–H groups in total. The van der Waals surface area contributed by atoms with Crippen LogP contribution in [0, 0.1) is 0 Å². The first-order valence-electron chi connectivity index (χ1n) is 9.41. The molecule has 1 atom stereocenters. The van der Waals surface area contributed by atoms with Crippen LogP contribution in [0.25, 0.3) is 11.3 Å². The Hall–Kier alpha value is -3.27. The molecule has 4 nitrogen and oxygen atoms in total. The summed E-state index contributed by atoms with van der Waals surface area (Å²) in [4.78, 5) is 22.4. The van der Waals surface area contributed by atoms with Crippen LogP contribution in [0.1, 0.15) is 42.6 Å². The Balaban J connectivity index is 1.91. The number of hydrogen-bond donors (Lipinski definition) is 0. The van der Waals surface area contributed by atoms with Gasteiger partial charge in [0.05, 0.1) is 11.4 Å². The van der Waals surface area contributed by atoms with Crippen molar-refractivity contribution in [2.75, 3.05) is 0 Å². The van der Waals surface area contributed by atoms with Gasteiger partial charge in [0.25, 0.3) is 0 Å². The van der Waals surface area contributed by atoms with Crippen LogP contribution >= 0.6 is 0 Å². The maximum absolute atomic E-state index is 12.4. The largest absolute Gasteiger partial charge is 0.387 e. The smallest absolute Gasteiger partial charge is 0.162 e. The van der Waals surface area contributed by atoms with Crippen LogP contribution < -0.4 is 0 Å². The number of ketones is 1. The van der Waals surface area contributed by atoms with E-state index in [2.05, 4.69) is 16.7 Å². The van der Waals surface area contributed by atoms with E-state index >= 15 is 0 Å². The number of oxime groups is 1. The minimum Gasteiger partial charge on any atom is -0.387 e. The number of hydrogen-bond acceptors (Lipinski definition) is 4. The second-order valence-electron chi connectivity index (χ2n) is 6.66. The fourth-order valence-electron chi connectivity index (χ4n) is 3.03. The van der Waals surface area contributed by atoms with E-state index in [1.54, 1.807) is 12.3 Å². The van der Waals surface area contributed by atoms with Gasteiger partial charge in [0.1, 0.15) is 0 Å². The zero-order chi connectivity index (χ0) is 19.9. The highest BCUT2D eigenvalue weighted by Gasteiger charge is 2.24. The number of rotatable bonds is 7. The first kappa shape index (κ1) is 19.5. The van der Waals surface area contributed by atoms with Crippen molar-refractivity contribution >= 4 is 11.5 Å². The van der Waals surface area contributed by atoms with Crippen molar-refractivity contribution in [1.29, 1.82) is 0 Å². The lowest BCUT2D eigenvalue weighted by Gasteiger charge is -2.09. The van der Waals surface area contributed by atoms with Crippen molar-refractivity contribution in [1.82, 2.24) is 4.98 Å². The van der Waals surface area contributed by atoms with Crippen LogP contribution in [0.3, 0.4) is 0 Å². The molecule has 1 aromatic heterocycles. The molecule has 0 spiro atoms. The molecular formula is C24H24N2O2. The van der Waals surface area contributed by atoms with Gasteiger partial charge in [0.15, 0.2) is 11.9 Å². The number of carbonyl (C=O) groups is 1. The van der Waals surface area contributed by atoms with E-state index in [4.69, 9.17) is 4.84 Å². The van der Waals surface area contributed by atoms with Gasteiger partial charge in [0, 0.05) is 35.7 Å². The molecule has 1 aliphatic rings. The zero-order valence-electron chi connectivity index (χ0n) is 16.3. The van der Waals surface area contributed by atoms with E-state index in [1.165, 1.54) is 0 Å². The molecule has 1 aliphatic heterocycles. The van der Waals surface area contributed by atoms with Crippen molar-refractivity contribution in [3.63, 3.8) is 0 Å². The van der Waals surface area contributed by atoms with E-state index in [1.807, 2.05) is 68.5 Å². The number of allylic oxidation sites excluding steroid dienone is 4. The normalized spacial score (nSPS) is 16.7. The Morgan fingerprint density at radius 2 is 2.07 bits per heavy atom. The molecule has 2 heterocycles. The summed E-state index contributed by atoms with van der Waals surface area (Å²) < 4.78 is 0. The van der Waals surface area contributed by atoms with Gasteiger partial charge >= 0.3 is 0 Å². The monoisotopic (exact) mass is 372 g/mol. The van der Waals surface area contributed by atoms with Crippen LogP contribution in [-0.4, -0.2) is 22.6 Å². The van der Waals surface area contributed by atoms with Gasteiger partial charge in [-0.25, -0.2) is 0 Å². The molecule has 0 saturated heterocycles. The van der Waals surface area contributed by atoms with Crippen LogP contribution in [-0.2, 0) is 4.84 Å². The Kier molecular flexibility index (Phi) is 6.33. The highest BCUT2D eigenvalue weighted by Crippen LogP contribution is 2.27. The van der Waals surface area contributed by atoms with E-state index in [0.29, 0.717) is 18.4 Å². The van der Waals surface area contributed by atoms with Crippen molar-refractivity contribution in [2.24, 2.45) is 5.16 Å². The van der Waals surface area contributed by atoms with Gasteiger partial charge < -0.3 is 4.84 Å². The number of nitrogens with zero attached hydrogens (tertiary/aromatic N) is 2. The summed E-state index contributed by atoms with van der Waals surface area (Å²) in [5.74, 6) is 0.0979. The number of benzene rings is 1. The van der Waals surface area contributed by atoms with Gasteiger partial charge in [-0.05, 0) is 42.8 Å². The summed E-state index contributed by atoms with van der Waals surface area (Å²) in [6, 6.07) is 11.6. The molecule has 4 heteroatoms. The fourth-order valence-corrected chi connectivity index (χ4v) is 3.03. The quantitative estimate of drug-likeness (QED) is 0.475. The van der Waals surface area contributed by atoms with E-state index in [9.17, 15) is 4.79 Å². The van der Waals surface area contributed by atoms with Crippen LogP contribution in [0.4, 0.5) is 0 Å². The van der Waals surface area contributed by atoms with Gasteiger partial charge in [-0.2, -0.15) is 0 Å². The Labute approximate surface area is 166 Å².